The zero-order valence-corrected chi connectivity index (χ0v) is 12.6. The monoisotopic (exact) mass is 255 g/mol. The Bertz CT molecular complexity index is 229. The van der Waals surface area contributed by atoms with Crippen molar-refractivity contribution in [3.63, 3.8) is 0 Å². The molecule has 4 atom stereocenters. The van der Waals surface area contributed by atoms with Gasteiger partial charge in [0.15, 0.2) is 0 Å². The van der Waals surface area contributed by atoms with Gasteiger partial charge in [-0.25, -0.2) is 0 Å². The van der Waals surface area contributed by atoms with E-state index in [0.29, 0.717) is 0 Å². The third-order valence-electron chi connectivity index (χ3n) is 4.86. The van der Waals surface area contributed by atoms with Crippen molar-refractivity contribution in [2.24, 2.45) is 11.8 Å². The number of nitrogens with one attached hydrogen (secondary N) is 1. The molecule has 0 spiro atoms. The molecule has 2 saturated carbocycles. The molecule has 0 aromatic carbocycles. The van der Waals surface area contributed by atoms with Gasteiger partial charge in [0.2, 0.25) is 0 Å². The standard InChI is InChI=1S/C15H29NS/c1-11(2)12-7-4-5-8-13(12)16-14-9-6-10-15(14)17-3/h11-16H,4-10H2,1-3H3. The van der Waals surface area contributed by atoms with Crippen LogP contribution in [0.4, 0.5) is 0 Å². The van der Waals surface area contributed by atoms with E-state index in [-0.39, 0.29) is 0 Å². The SMILES string of the molecule is CSC1CCCC1NC1CCCCC1C(C)C. The number of thioether (sulfide) groups is 1. The summed E-state index contributed by atoms with van der Waals surface area (Å²) in [6.45, 7) is 4.82. The van der Waals surface area contributed by atoms with Gasteiger partial charge in [-0.2, -0.15) is 11.8 Å². The Labute approximate surface area is 112 Å². The molecule has 1 N–H and O–H groups in total. The predicted molar refractivity (Wildman–Crippen MR) is 78.7 cm³/mol. The van der Waals surface area contributed by atoms with Crippen LogP contribution < -0.4 is 5.32 Å². The van der Waals surface area contributed by atoms with Crippen LogP contribution in [0.25, 0.3) is 0 Å². The molecule has 0 saturated heterocycles. The molecule has 2 aliphatic carbocycles. The molecule has 1 nitrogen and oxygen atoms in total. The van der Waals surface area contributed by atoms with Crippen LogP contribution in [-0.2, 0) is 0 Å². The van der Waals surface area contributed by atoms with E-state index in [2.05, 4.69) is 37.2 Å². The second-order valence-electron chi connectivity index (χ2n) is 6.28. The van der Waals surface area contributed by atoms with E-state index in [9.17, 15) is 0 Å². The second-order valence-corrected chi connectivity index (χ2v) is 7.35. The highest BCUT2D eigenvalue weighted by atomic mass is 32.2. The summed E-state index contributed by atoms with van der Waals surface area (Å²) in [6.07, 6.45) is 12.3. The van der Waals surface area contributed by atoms with Crippen molar-refractivity contribution < 1.29 is 0 Å². The molecule has 2 rings (SSSR count). The number of hydrogen-bond donors (Lipinski definition) is 1. The Morgan fingerprint density at radius 1 is 0.941 bits per heavy atom. The fourth-order valence-electron chi connectivity index (χ4n) is 3.84. The Kier molecular flexibility index (Phi) is 5.23. The number of hydrogen-bond acceptors (Lipinski definition) is 2. The van der Waals surface area contributed by atoms with E-state index >= 15 is 0 Å². The maximum absolute atomic E-state index is 4.03. The van der Waals surface area contributed by atoms with Crippen LogP contribution in [0.5, 0.6) is 0 Å². The van der Waals surface area contributed by atoms with Crippen molar-refractivity contribution in [2.75, 3.05) is 6.26 Å². The highest BCUT2D eigenvalue weighted by Crippen LogP contribution is 2.34. The zero-order valence-electron chi connectivity index (χ0n) is 11.7. The van der Waals surface area contributed by atoms with Gasteiger partial charge in [0.25, 0.3) is 0 Å². The first-order valence-corrected chi connectivity index (χ1v) is 8.80. The number of rotatable bonds is 4. The van der Waals surface area contributed by atoms with Crippen LogP contribution in [-0.4, -0.2) is 23.6 Å². The molecule has 2 heteroatoms. The average molecular weight is 255 g/mol. The first-order valence-electron chi connectivity index (χ1n) is 7.51. The summed E-state index contributed by atoms with van der Waals surface area (Å²) >= 11 is 2.08. The third-order valence-corrected chi connectivity index (χ3v) is 6.03. The van der Waals surface area contributed by atoms with E-state index < -0.39 is 0 Å². The average Bonchev–Trinajstić information content (AvgIpc) is 2.77. The van der Waals surface area contributed by atoms with Gasteiger partial charge in [-0.1, -0.05) is 33.1 Å². The summed E-state index contributed by atoms with van der Waals surface area (Å²) < 4.78 is 0. The molecule has 17 heavy (non-hydrogen) atoms. The lowest BCUT2D eigenvalue weighted by Crippen LogP contribution is -2.47. The molecule has 2 aliphatic rings. The summed E-state index contributed by atoms with van der Waals surface area (Å²) in [5, 5.41) is 4.91. The Hall–Kier alpha value is 0.310. The summed E-state index contributed by atoms with van der Waals surface area (Å²) in [7, 11) is 0. The molecular formula is C15H29NS. The fraction of sp³-hybridized carbons (Fsp3) is 1.00. The van der Waals surface area contributed by atoms with Crippen LogP contribution in [0.15, 0.2) is 0 Å². The zero-order chi connectivity index (χ0) is 12.3. The van der Waals surface area contributed by atoms with E-state index in [1.54, 1.807) is 0 Å². The highest BCUT2D eigenvalue weighted by Gasteiger charge is 2.33. The molecule has 0 amide bonds. The first-order chi connectivity index (χ1) is 8.22. The first kappa shape index (κ1) is 13.7. The van der Waals surface area contributed by atoms with Gasteiger partial charge in [-0.05, 0) is 43.8 Å². The molecule has 0 aliphatic heterocycles. The maximum atomic E-state index is 4.03. The maximum Gasteiger partial charge on any atom is 0.0198 e. The van der Waals surface area contributed by atoms with E-state index in [4.69, 9.17) is 0 Å². The van der Waals surface area contributed by atoms with E-state index in [1.165, 1.54) is 44.9 Å². The topological polar surface area (TPSA) is 12.0 Å². The lowest BCUT2D eigenvalue weighted by molar-refractivity contribution is 0.193. The van der Waals surface area contributed by atoms with Crippen LogP contribution in [0, 0.1) is 11.8 Å². The minimum Gasteiger partial charge on any atom is -0.310 e. The summed E-state index contributed by atoms with van der Waals surface area (Å²) in [6, 6.07) is 1.61. The van der Waals surface area contributed by atoms with Gasteiger partial charge in [0.1, 0.15) is 0 Å². The molecule has 0 bridgehead atoms. The van der Waals surface area contributed by atoms with E-state index in [0.717, 1.165) is 29.2 Å². The van der Waals surface area contributed by atoms with Crippen LogP contribution >= 0.6 is 11.8 Å². The Morgan fingerprint density at radius 2 is 1.65 bits per heavy atom. The summed E-state index contributed by atoms with van der Waals surface area (Å²) in [5.41, 5.74) is 0. The summed E-state index contributed by atoms with van der Waals surface area (Å²) in [4.78, 5) is 0. The fourth-order valence-corrected chi connectivity index (χ4v) is 4.78. The normalized spacial score (nSPS) is 38.8. The summed E-state index contributed by atoms with van der Waals surface area (Å²) in [5.74, 6) is 1.77. The van der Waals surface area contributed by atoms with Crippen molar-refractivity contribution in [1.82, 2.24) is 5.32 Å². The van der Waals surface area contributed by atoms with Crippen molar-refractivity contribution in [1.29, 1.82) is 0 Å². The lowest BCUT2D eigenvalue weighted by Gasteiger charge is -2.38. The van der Waals surface area contributed by atoms with Crippen molar-refractivity contribution in [3.05, 3.63) is 0 Å². The largest absolute Gasteiger partial charge is 0.310 e. The molecule has 0 aromatic rings. The quantitative estimate of drug-likeness (QED) is 0.812. The molecule has 0 radical (unpaired) electrons. The van der Waals surface area contributed by atoms with Gasteiger partial charge in [-0.15, -0.1) is 0 Å². The van der Waals surface area contributed by atoms with Crippen LogP contribution in [0.1, 0.15) is 58.8 Å². The molecule has 4 unspecified atom stereocenters. The van der Waals surface area contributed by atoms with Gasteiger partial charge in [0, 0.05) is 17.3 Å². The minimum atomic E-state index is 0.800. The van der Waals surface area contributed by atoms with E-state index in [1.807, 2.05) is 0 Å². The Balaban J connectivity index is 1.91. The highest BCUT2D eigenvalue weighted by molar-refractivity contribution is 7.99. The van der Waals surface area contributed by atoms with Crippen molar-refractivity contribution in [3.8, 4) is 0 Å². The van der Waals surface area contributed by atoms with Crippen molar-refractivity contribution >= 4 is 11.8 Å². The van der Waals surface area contributed by atoms with Gasteiger partial charge in [0.05, 0.1) is 0 Å². The molecule has 2 fully saturated rings. The van der Waals surface area contributed by atoms with Gasteiger partial charge >= 0.3 is 0 Å². The smallest absolute Gasteiger partial charge is 0.0198 e. The lowest BCUT2D eigenvalue weighted by atomic mass is 9.77. The van der Waals surface area contributed by atoms with Crippen LogP contribution in [0.2, 0.25) is 0 Å². The molecule has 0 heterocycles. The molecular weight excluding hydrogens is 226 g/mol. The molecule has 100 valence electrons. The Morgan fingerprint density at radius 3 is 2.35 bits per heavy atom. The minimum absolute atomic E-state index is 0.800. The second kappa shape index (κ2) is 6.47. The van der Waals surface area contributed by atoms with Gasteiger partial charge < -0.3 is 5.32 Å². The third kappa shape index (κ3) is 3.41. The molecule has 0 aromatic heterocycles. The predicted octanol–water partition coefficient (Wildman–Crippen LogP) is 4.07. The van der Waals surface area contributed by atoms with Crippen molar-refractivity contribution in [2.45, 2.75) is 76.1 Å². The van der Waals surface area contributed by atoms with Gasteiger partial charge in [-0.3, -0.25) is 0 Å². The van der Waals surface area contributed by atoms with Crippen LogP contribution in [0.3, 0.4) is 0 Å².